The molecule has 1 fully saturated rings. The lowest BCUT2D eigenvalue weighted by Gasteiger charge is -2.17. The summed E-state index contributed by atoms with van der Waals surface area (Å²) in [6.45, 7) is -0.0734. The quantitative estimate of drug-likeness (QED) is 0.530. The van der Waals surface area contributed by atoms with Crippen molar-refractivity contribution in [3.63, 3.8) is 0 Å². The molecule has 3 unspecified atom stereocenters. The molecule has 1 aliphatic heterocycles. The van der Waals surface area contributed by atoms with Gasteiger partial charge in [-0.2, -0.15) is 0 Å². The molecule has 8 nitrogen and oxygen atoms in total. The summed E-state index contributed by atoms with van der Waals surface area (Å²) in [7, 11) is 0. The first-order chi connectivity index (χ1) is 9.11. The monoisotopic (exact) mass is 284 g/mol. The molecule has 0 amide bonds. The van der Waals surface area contributed by atoms with Crippen molar-refractivity contribution < 1.29 is 14.9 Å². The Labute approximate surface area is 111 Å². The highest BCUT2D eigenvalue weighted by Gasteiger charge is 2.37. The van der Waals surface area contributed by atoms with Gasteiger partial charge in [-0.15, -0.1) is 0 Å². The van der Waals surface area contributed by atoms with Crippen LogP contribution in [0.25, 0.3) is 11.2 Å². The van der Waals surface area contributed by atoms with Gasteiger partial charge in [-0.05, 0) is 12.2 Å². The maximum absolute atomic E-state index is 11.9. The molecule has 0 radical (unpaired) electrons. The second-order valence-electron chi connectivity index (χ2n) is 4.37. The van der Waals surface area contributed by atoms with Crippen molar-refractivity contribution in [2.24, 2.45) is 0 Å². The Morgan fingerprint density at radius 3 is 3.05 bits per heavy atom. The van der Waals surface area contributed by atoms with E-state index in [1.165, 1.54) is 6.33 Å². The Bertz CT molecular complexity index is 720. The maximum Gasteiger partial charge on any atom is 0.277 e. The molecule has 3 heterocycles. The predicted octanol–water partition coefficient (Wildman–Crippen LogP) is -0.925. The van der Waals surface area contributed by atoms with E-state index in [-0.39, 0.29) is 23.5 Å². The standard InChI is InChI=1S/C10H12N4O4S/c15-1-5-7(16)4(2-18-5)14-3-11-8-6(14)9(17)13-10(19)12-8/h3-5,7,15-16H,1-2H2,(H2,12,13,17,19). The molecule has 3 atom stereocenters. The van der Waals surface area contributed by atoms with Gasteiger partial charge in [-0.1, -0.05) is 0 Å². The molecule has 0 spiro atoms. The van der Waals surface area contributed by atoms with E-state index in [2.05, 4.69) is 15.0 Å². The van der Waals surface area contributed by atoms with Crippen molar-refractivity contribution in [3.8, 4) is 0 Å². The predicted molar refractivity (Wildman–Crippen MR) is 67.4 cm³/mol. The second kappa shape index (κ2) is 4.53. The zero-order chi connectivity index (χ0) is 13.6. The summed E-state index contributed by atoms with van der Waals surface area (Å²) < 4.78 is 7.01. The fourth-order valence-corrected chi connectivity index (χ4v) is 2.49. The van der Waals surface area contributed by atoms with E-state index in [4.69, 9.17) is 22.1 Å². The normalized spacial score (nSPS) is 27.2. The number of aromatic amines is 2. The number of imidazole rings is 1. The Kier molecular flexibility index (Phi) is 2.97. The highest BCUT2D eigenvalue weighted by Crippen LogP contribution is 2.26. The van der Waals surface area contributed by atoms with E-state index in [0.717, 1.165) is 0 Å². The molecular weight excluding hydrogens is 272 g/mol. The third-order valence-electron chi connectivity index (χ3n) is 3.26. The summed E-state index contributed by atoms with van der Waals surface area (Å²) in [5, 5.41) is 19.1. The van der Waals surface area contributed by atoms with Gasteiger partial charge in [0, 0.05) is 0 Å². The summed E-state index contributed by atoms with van der Waals surface area (Å²) in [5.41, 5.74) is 0.268. The van der Waals surface area contributed by atoms with Crippen molar-refractivity contribution in [2.45, 2.75) is 18.2 Å². The number of nitrogens with one attached hydrogen (secondary N) is 2. The zero-order valence-corrected chi connectivity index (χ0v) is 10.6. The van der Waals surface area contributed by atoms with E-state index in [1.54, 1.807) is 4.57 Å². The number of nitrogens with zero attached hydrogens (tertiary/aromatic N) is 2. The van der Waals surface area contributed by atoms with Gasteiger partial charge < -0.3 is 24.5 Å². The third-order valence-corrected chi connectivity index (χ3v) is 3.47. The average molecular weight is 284 g/mol. The highest BCUT2D eigenvalue weighted by molar-refractivity contribution is 7.71. The van der Waals surface area contributed by atoms with Crippen molar-refractivity contribution in [1.29, 1.82) is 0 Å². The van der Waals surface area contributed by atoms with Crippen LogP contribution in [0, 0.1) is 4.77 Å². The molecule has 3 rings (SSSR count). The summed E-state index contributed by atoms with van der Waals surface area (Å²) >= 11 is 4.86. The lowest BCUT2D eigenvalue weighted by atomic mass is 10.1. The number of hydrogen-bond donors (Lipinski definition) is 4. The van der Waals surface area contributed by atoms with Crippen LogP contribution in [0.4, 0.5) is 0 Å². The topological polar surface area (TPSA) is 116 Å². The van der Waals surface area contributed by atoms with E-state index >= 15 is 0 Å². The van der Waals surface area contributed by atoms with Gasteiger partial charge in [0.2, 0.25) is 0 Å². The molecular formula is C10H12N4O4S. The second-order valence-corrected chi connectivity index (χ2v) is 4.78. The number of aromatic nitrogens is 4. The van der Waals surface area contributed by atoms with Gasteiger partial charge >= 0.3 is 0 Å². The van der Waals surface area contributed by atoms with Crippen molar-refractivity contribution in [2.75, 3.05) is 13.2 Å². The zero-order valence-electron chi connectivity index (χ0n) is 9.74. The van der Waals surface area contributed by atoms with Crippen LogP contribution in [0.1, 0.15) is 6.04 Å². The van der Waals surface area contributed by atoms with Crippen molar-refractivity contribution >= 4 is 23.4 Å². The molecule has 0 saturated carbocycles. The highest BCUT2D eigenvalue weighted by atomic mass is 32.1. The number of rotatable bonds is 2. The molecule has 9 heteroatoms. The average Bonchev–Trinajstić information content (AvgIpc) is 2.92. The number of aliphatic hydroxyl groups excluding tert-OH is 2. The minimum Gasteiger partial charge on any atom is -0.394 e. The molecule has 0 bridgehead atoms. The van der Waals surface area contributed by atoms with E-state index in [1.807, 2.05) is 0 Å². The minimum absolute atomic E-state index is 0.194. The van der Waals surface area contributed by atoms with Crippen LogP contribution in [0.2, 0.25) is 0 Å². The van der Waals surface area contributed by atoms with Crippen molar-refractivity contribution in [1.82, 2.24) is 19.5 Å². The van der Waals surface area contributed by atoms with Crippen LogP contribution >= 0.6 is 12.2 Å². The molecule has 4 N–H and O–H groups in total. The van der Waals surface area contributed by atoms with Crippen LogP contribution < -0.4 is 5.56 Å². The molecule has 2 aromatic rings. The SMILES string of the molecule is O=c1[nH]c(=S)[nH]c2ncn(C3COC(CO)C3O)c12. The van der Waals surface area contributed by atoms with Crippen LogP contribution in [0.5, 0.6) is 0 Å². The van der Waals surface area contributed by atoms with Crippen LogP contribution in [-0.4, -0.2) is 55.2 Å². The van der Waals surface area contributed by atoms with Gasteiger partial charge in [0.05, 0.1) is 25.6 Å². The van der Waals surface area contributed by atoms with Gasteiger partial charge in [-0.3, -0.25) is 9.78 Å². The van der Waals surface area contributed by atoms with E-state index in [0.29, 0.717) is 11.2 Å². The summed E-state index contributed by atoms with van der Waals surface area (Å²) in [6.07, 6.45) is -0.101. The summed E-state index contributed by atoms with van der Waals surface area (Å²) in [4.78, 5) is 21.2. The first-order valence-electron chi connectivity index (χ1n) is 5.71. The molecule has 19 heavy (non-hydrogen) atoms. The first kappa shape index (κ1) is 12.5. The summed E-state index contributed by atoms with van der Waals surface area (Å²) in [5.74, 6) is 0. The van der Waals surface area contributed by atoms with E-state index < -0.39 is 18.2 Å². The third kappa shape index (κ3) is 1.91. The lowest BCUT2D eigenvalue weighted by molar-refractivity contribution is 0.00207. The van der Waals surface area contributed by atoms with Crippen LogP contribution in [-0.2, 0) is 4.74 Å². The molecule has 1 saturated heterocycles. The largest absolute Gasteiger partial charge is 0.394 e. The summed E-state index contributed by atoms with van der Waals surface area (Å²) in [6, 6.07) is -0.465. The van der Waals surface area contributed by atoms with Gasteiger partial charge in [0.25, 0.3) is 5.56 Å². The molecule has 1 aliphatic rings. The Hall–Kier alpha value is -1.55. The van der Waals surface area contributed by atoms with Crippen LogP contribution in [0.15, 0.2) is 11.1 Å². The number of ether oxygens (including phenoxy) is 1. The molecule has 2 aromatic heterocycles. The number of hydrogen-bond acceptors (Lipinski definition) is 6. The van der Waals surface area contributed by atoms with Gasteiger partial charge in [0.15, 0.2) is 15.9 Å². The van der Waals surface area contributed by atoms with Gasteiger partial charge in [0.1, 0.15) is 12.2 Å². The van der Waals surface area contributed by atoms with Gasteiger partial charge in [-0.25, -0.2) is 4.98 Å². The smallest absolute Gasteiger partial charge is 0.277 e. The fraction of sp³-hybridized carbons (Fsp3) is 0.500. The Balaban J connectivity index is 2.12. The Morgan fingerprint density at radius 2 is 2.37 bits per heavy atom. The fourth-order valence-electron chi connectivity index (χ4n) is 2.30. The lowest BCUT2D eigenvalue weighted by Crippen LogP contribution is -2.31. The Morgan fingerprint density at radius 1 is 1.58 bits per heavy atom. The molecule has 0 aliphatic carbocycles. The minimum atomic E-state index is -0.898. The first-order valence-corrected chi connectivity index (χ1v) is 6.12. The van der Waals surface area contributed by atoms with Crippen molar-refractivity contribution in [3.05, 3.63) is 21.5 Å². The maximum atomic E-state index is 11.9. The van der Waals surface area contributed by atoms with Crippen LogP contribution in [0.3, 0.4) is 0 Å². The number of H-pyrrole nitrogens is 2. The number of fused-ring (bicyclic) bond motifs is 1. The van der Waals surface area contributed by atoms with E-state index in [9.17, 15) is 9.90 Å². The molecule has 0 aromatic carbocycles. The molecule has 102 valence electrons. The number of aliphatic hydroxyl groups is 2.